The number of aromatic nitrogens is 2. The molecule has 2 aromatic rings. The molecule has 1 saturated carbocycles. The van der Waals surface area contributed by atoms with Crippen molar-refractivity contribution < 1.29 is 0 Å². The molecular formula is C13H17N3S. The molecule has 1 aromatic heterocycles. The summed E-state index contributed by atoms with van der Waals surface area (Å²) in [5.41, 5.74) is 2.18. The van der Waals surface area contributed by atoms with Crippen LogP contribution in [0.2, 0.25) is 0 Å². The number of aromatic amines is 1. The van der Waals surface area contributed by atoms with E-state index >= 15 is 0 Å². The molecule has 1 unspecified atom stereocenters. The van der Waals surface area contributed by atoms with Crippen LogP contribution in [0, 0.1) is 0 Å². The maximum absolute atomic E-state index is 4.58. The molecule has 3 rings (SSSR count). The van der Waals surface area contributed by atoms with Gasteiger partial charge in [-0.15, -0.1) is 0 Å². The second-order valence-electron chi connectivity index (χ2n) is 4.67. The van der Waals surface area contributed by atoms with E-state index in [4.69, 9.17) is 0 Å². The molecule has 1 aliphatic rings. The molecule has 4 heteroatoms. The number of fused-ring (bicyclic) bond motifs is 1. The maximum atomic E-state index is 4.58. The van der Waals surface area contributed by atoms with Gasteiger partial charge < -0.3 is 10.3 Å². The molecule has 3 nitrogen and oxygen atoms in total. The molecule has 0 radical (unpaired) electrons. The number of thioether (sulfide) groups is 1. The topological polar surface area (TPSA) is 40.7 Å². The van der Waals surface area contributed by atoms with E-state index in [1.165, 1.54) is 12.8 Å². The van der Waals surface area contributed by atoms with Crippen LogP contribution in [0.1, 0.15) is 19.8 Å². The Balaban J connectivity index is 1.62. The molecule has 2 N–H and O–H groups in total. The van der Waals surface area contributed by atoms with Crippen molar-refractivity contribution in [3.8, 4) is 0 Å². The Kier molecular flexibility index (Phi) is 3.07. The SMILES string of the molecule is CC(CNC1CC1)Sc1nc2ccccc2[nH]1. The number of H-pyrrole nitrogens is 1. The molecule has 1 fully saturated rings. The van der Waals surface area contributed by atoms with Crippen molar-refractivity contribution in [3.63, 3.8) is 0 Å². The minimum atomic E-state index is 0.552. The molecule has 0 saturated heterocycles. The van der Waals surface area contributed by atoms with Crippen molar-refractivity contribution in [2.24, 2.45) is 0 Å². The Morgan fingerprint density at radius 3 is 3.06 bits per heavy atom. The minimum absolute atomic E-state index is 0.552. The third-order valence-corrected chi connectivity index (χ3v) is 3.94. The summed E-state index contributed by atoms with van der Waals surface area (Å²) in [7, 11) is 0. The van der Waals surface area contributed by atoms with Crippen LogP contribution in [-0.4, -0.2) is 27.8 Å². The Morgan fingerprint density at radius 2 is 2.29 bits per heavy atom. The van der Waals surface area contributed by atoms with E-state index in [1.54, 1.807) is 0 Å². The zero-order valence-corrected chi connectivity index (χ0v) is 10.8. The Bertz CT molecular complexity index is 471. The summed E-state index contributed by atoms with van der Waals surface area (Å²) < 4.78 is 0. The number of rotatable bonds is 5. The summed E-state index contributed by atoms with van der Waals surface area (Å²) in [5.74, 6) is 0. The van der Waals surface area contributed by atoms with Crippen LogP contribution in [0.3, 0.4) is 0 Å². The van der Waals surface area contributed by atoms with Gasteiger partial charge in [0.15, 0.2) is 5.16 Å². The van der Waals surface area contributed by atoms with Gasteiger partial charge in [0, 0.05) is 17.8 Å². The van der Waals surface area contributed by atoms with Gasteiger partial charge in [0.25, 0.3) is 0 Å². The van der Waals surface area contributed by atoms with Gasteiger partial charge in [-0.2, -0.15) is 0 Å². The van der Waals surface area contributed by atoms with Crippen LogP contribution < -0.4 is 5.32 Å². The smallest absolute Gasteiger partial charge is 0.166 e. The number of hydrogen-bond acceptors (Lipinski definition) is 3. The fraction of sp³-hybridized carbons (Fsp3) is 0.462. The first-order chi connectivity index (χ1) is 8.31. The van der Waals surface area contributed by atoms with Crippen molar-refractivity contribution in [1.29, 1.82) is 0 Å². The van der Waals surface area contributed by atoms with E-state index in [1.807, 2.05) is 30.0 Å². The van der Waals surface area contributed by atoms with Crippen LogP contribution in [-0.2, 0) is 0 Å². The molecule has 0 spiro atoms. The van der Waals surface area contributed by atoms with Crippen LogP contribution in [0.5, 0.6) is 0 Å². The fourth-order valence-corrected chi connectivity index (χ4v) is 2.72. The van der Waals surface area contributed by atoms with Crippen LogP contribution in [0.25, 0.3) is 11.0 Å². The maximum Gasteiger partial charge on any atom is 0.166 e. The number of hydrogen-bond donors (Lipinski definition) is 2. The summed E-state index contributed by atoms with van der Waals surface area (Å²) in [6.07, 6.45) is 2.70. The van der Waals surface area contributed by atoms with Crippen molar-refractivity contribution in [2.75, 3.05) is 6.54 Å². The normalized spacial score (nSPS) is 17.5. The quantitative estimate of drug-likeness (QED) is 0.798. The molecule has 90 valence electrons. The van der Waals surface area contributed by atoms with Crippen LogP contribution in [0.15, 0.2) is 29.4 Å². The highest BCUT2D eigenvalue weighted by Gasteiger charge is 2.21. The summed E-state index contributed by atoms with van der Waals surface area (Å²) in [4.78, 5) is 7.93. The molecule has 1 aliphatic carbocycles. The third-order valence-electron chi connectivity index (χ3n) is 2.95. The monoisotopic (exact) mass is 247 g/mol. The second kappa shape index (κ2) is 4.70. The lowest BCUT2D eigenvalue weighted by Crippen LogP contribution is -2.24. The third kappa shape index (κ3) is 2.82. The van der Waals surface area contributed by atoms with Gasteiger partial charge >= 0.3 is 0 Å². The fourth-order valence-electron chi connectivity index (χ4n) is 1.84. The summed E-state index contributed by atoms with van der Waals surface area (Å²) in [5, 5.41) is 5.12. The Morgan fingerprint density at radius 1 is 1.47 bits per heavy atom. The molecule has 0 aliphatic heterocycles. The predicted octanol–water partition coefficient (Wildman–Crippen LogP) is 2.80. The van der Waals surface area contributed by atoms with Gasteiger partial charge in [-0.1, -0.05) is 30.8 Å². The molecule has 1 atom stereocenters. The number of para-hydroxylation sites is 2. The van der Waals surface area contributed by atoms with Crippen LogP contribution in [0.4, 0.5) is 0 Å². The minimum Gasteiger partial charge on any atom is -0.333 e. The van der Waals surface area contributed by atoms with Gasteiger partial charge in [0.05, 0.1) is 11.0 Å². The first-order valence-corrected chi connectivity index (χ1v) is 7.04. The summed E-state index contributed by atoms with van der Waals surface area (Å²) >= 11 is 1.81. The molecular weight excluding hydrogens is 230 g/mol. The van der Waals surface area contributed by atoms with Crippen molar-refractivity contribution >= 4 is 22.8 Å². The van der Waals surface area contributed by atoms with Crippen molar-refractivity contribution in [2.45, 2.75) is 36.2 Å². The molecule has 1 aromatic carbocycles. The molecule has 1 heterocycles. The number of nitrogens with zero attached hydrogens (tertiary/aromatic N) is 1. The van der Waals surface area contributed by atoms with Gasteiger partial charge in [0.1, 0.15) is 0 Å². The zero-order valence-electron chi connectivity index (χ0n) is 9.94. The lowest BCUT2D eigenvalue weighted by Gasteiger charge is -2.09. The standard InChI is InChI=1S/C13H17N3S/c1-9(8-14-10-6-7-10)17-13-15-11-4-2-3-5-12(11)16-13/h2-5,9-10,14H,6-8H2,1H3,(H,15,16). The molecule has 0 bridgehead atoms. The lowest BCUT2D eigenvalue weighted by atomic mass is 10.3. The number of benzene rings is 1. The van der Waals surface area contributed by atoms with E-state index in [2.05, 4.69) is 28.3 Å². The number of imidazole rings is 1. The van der Waals surface area contributed by atoms with E-state index in [9.17, 15) is 0 Å². The highest BCUT2D eigenvalue weighted by molar-refractivity contribution is 7.99. The van der Waals surface area contributed by atoms with Gasteiger partial charge in [-0.3, -0.25) is 0 Å². The van der Waals surface area contributed by atoms with E-state index in [0.717, 1.165) is 28.8 Å². The Hall–Kier alpha value is -1.00. The molecule has 0 amide bonds. The highest BCUT2D eigenvalue weighted by Crippen LogP contribution is 2.24. The first-order valence-electron chi connectivity index (χ1n) is 6.16. The van der Waals surface area contributed by atoms with Crippen molar-refractivity contribution in [1.82, 2.24) is 15.3 Å². The van der Waals surface area contributed by atoms with E-state index in [0.29, 0.717) is 5.25 Å². The average molecular weight is 247 g/mol. The first kappa shape index (κ1) is 11.1. The van der Waals surface area contributed by atoms with Gasteiger partial charge in [-0.25, -0.2) is 4.98 Å². The average Bonchev–Trinajstić information content (AvgIpc) is 3.06. The van der Waals surface area contributed by atoms with Gasteiger partial charge in [-0.05, 0) is 25.0 Å². The van der Waals surface area contributed by atoms with E-state index in [-0.39, 0.29) is 0 Å². The van der Waals surface area contributed by atoms with Crippen molar-refractivity contribution in [3.05, 3.63) is 24.3 Å². The Labute approximate surface area is 105 Å². The number of nitrogens with one attached hydrogen (secondary N) is 2. The van der Waals surface area contributed by atoms with Crippen LogP contribution >= 0.6 is 11.8 Å². The van der Waals surface area contributed by atoms with Gasteiger partial charge in [0.2, 0.25) is 0 Å². The summed E-state index contributed by atoms with van der Waals surface area (Å²) in [6.45, 7) is 3.31. The second-order valence-corrected chi connectivity index (χ2v) is 6.10. The molecule has 17 heavy (non-hydrogen) atoms. The highest BCUT2D eigenvalue weighted by atomic mass is 32.2. The predicted molar refractivity (Wildman–Crippen MR) is 72.4 cm³/mol. The zero-order chi connectivity index (χ0) is 11.7. The summed E-state index contributed by atoms with van der Waals surface area (Å²) in [6, 6.07) is 8.96. The largest absolute Gasteiger partial charge is 0.333 e. The lowest BCUT2D eigenvalue weighted by molar-refractivity contribution is 0.678. The van der Waals surface area contributed by atoms with E-state index < -0.39 is 0 Å².